The predicted molar refractivity (Wildman–Crippen MR) is 106 cm³/mol. The van der Waals surface area contributed by atoms with E-state index in [9.17, 15) is 4.79 Å². The molecule has 0 bridgehead atoms. The lowest BCUT2D eigenvalue weighted by molar-refractivity contribution is 0.0711. The van der Waals surface area contributed by atoms with Gasteiger partial charge in [-0.25, -0.2) is 9.97 Å². The number of aromatic nitrogens is 2. The van der Waals surface area contributed by atoms with Gasteiger partial charge in [-0.1, -0.05) is 0 Å². The van der Waals surface area contributed by atoms with Crippen molar-refractivity contribution in [3.8, 4) is 0 Å². The van der Waals surface area contributed by atoms with E-state index < -0.39 is 0 Å². The normalized spacial score (nSPS) is 17.5. The van der Waals surface area contributed by atoms with Crippen molar-refractivity contribution >= 4 is 11.6 Å². The smallest absolute Gasteiger partial charge is 0.253 e. The number of nitrogens with one attached hydrogen (secondary N) is 1. The van der Waals surface area contributed by atoms with E-state index in [2.05, 4.69) is 10.3 Å². The first-order valence-corrected chi connectivity index (χ1v) is 9.74. The van der Waals surface area contributed by atoms with Crippen molar-refractivity contribution in [3.05, 3.63) is 53.1 Å². The van der Waals surface area contributed by atoms with Crippen LogP contribution in [-0.4, -0.2) is 54.5 Å². The van der Waals surface area contributed by atoms with Gasteiger partial charge in [-0.05, 0) is 37.1 Å². The van der Waals surface area contributed by atoms with E-state index in [1.165, 1.54) is 11.3 Å². The Morgan fingerprint density at radius 3 is 2.63 bits per heavy atom. The van der Waals surface area contributed by atoms with Gasteiger partial charge < -0.3 is 15.1 Å². The van der Waals surface area contributed by atoms with Crippen LogP contribution < -0.4 is 10.2 Å². The Kier molecular flexibility index (Phi) is 5.07. The molecule has 4 rings (SSSR count). The molecule has 6 heteroatoms. The molecular formula is C21H27N5O. The summed E-state index contributed by atoms with van der Waals surface area (Å²) in [6.07, 6.45) is 4.82. The molecule has 2 aromatic rings. The minimum absolute atomic E-state index is 0.121. The lowest BCUT2D eigenvalue weighted by Gasteiger charge is -2.32. The summed E-state index contributed by atoms with van der Waals surface area (Å²) in [4.78, 5) is 26.2. The number of piperidine rings is 1. The molecule has 2 aliphatic heterocycles. The molecule has 0 aliphatic carbocycles. The van der Waals surface area contributed by atoms with E-state index in [1.54, 1.807) is 0 Å². The second kappa shape index (κ2) is 7.64. The Bertz CT molecular complexity index is 810. The Morgan fingerprint density at radius 2 is 1.93 bits per heavy atom. The highest BCUT2D eigenvalue weighted by Crippen LogP contribution is 2.27. The van der Waals surface area contributed by atoms with Crippen LogP contribution >= 0.6 is 0 Å². The maximum Gasteiger partial charge on any atom is 0.253 e. The van der Waals surface area contributed by atoms with Crippen LogP contribution in [-0.2, 0) is 13.0 Å². The number of hydrogen-bond acceptors (Lipinski definition) is 5. The van der Waals surface area contributed by atoms with Gasteiger partial charge in [0.15, 0.2) is 0 Å². The van der Waals surface area contributed by atoms with E-state index in [-0.39, 0.29) is 5.91 Å². The number of benzene rings is 1. The quantitative estimate of drug-likeness (QED) is 0.904. The second-order valence-electron chi connectivity index (χ2n) is 7.63. The maximum absolute atomic E-state index is 12.8. The molecule has 2 aliphatic rings. The van der Waals surface area contributed by atoms with Crippen LogP contribution in [0.4, 0.5) is 5.69 Å². The van der Waals surface area contributed by atoms with Crippen LogP contribution in [0, 0.1) is 0 Å². The fourth-order valence-electron chi connectivity index (χ4n) is 3.87. The molecular weight excluding hydrogens is 338 g/mol. The number of hydrogen-bond donors (Lipinski definition) is 1. The van der Waals surface area contributed by atoms with Gasteiger partial charge in [-0.3, -0.25) is 4.79 Å². The molecule has 6 nitrogen and oxygen atoms in total. The largest absolute Gasteiger partial charge is 0.378 e. The first-order chi connectivity index (χ1) is 13.1. The third kappa shape index (κ3) is 3.81. The van der Waals surface area contributed by atoms with E-state index in [0.717, 1.165) is 62.5 Å². The van der Waals surface area contributed by atoms with Gasteiger partial charge in [0.05, 0.1) is 0 Å². The molecule has 142 valence electrons. The summed E-state index contributed by atoms with van der Waals surface area (Å²) in [6, 6.07) is 7.83. The number of rotatable bonds is 3. The van der Waals surface area contributed by atoms with E-state index >= 15 is 0 Å². The number of carbonyl (C=O) groups is 1. The zero-order valence-corrected chi connectivity index (χ0v) is 16.1. The summed E-state index contributed by atoms with van der Waals surface area (Å²) >= 11 is 0. The molecule has 0 atom stereocenters. The number of fused-ring (bicyclic) bond motifs is 1. The van der Waals surface area contributed by atoms with Gasteiger partial charge in [0.25, 0.3) is 5.91 Å². The van der Waals surface area contributed by atoms with Gasteiger partial charge in [0.1, 0.15) is 5.82 Å². The maximum atomic E-state index is 12.8. The fraction of sp³-hybridized carbons (Fsp3) is 0.476. The SMILES string of the molecule is CN(C)c1ccc(C(=O)N2CCC(c3ncc4c(n3)CCNC4)CC2)cc1. The van der Waals surface area contributed by atoms with Crippen molar-refractivity contribution < 1.29 is 4.79 Å². The minimum atomic E-state index is 0.121. The van der Waals surface area contributed by atoms with E-state index in [4.69, 9.17) is 4.98 Å². The van der Waals surface area contributed by atoms with Crippen molar-refractivity contribution in [1.29, 1.82) is 0 Å². The summed E-state index contributed by atoms with van der Waals surface area (Å²) in [5.74, 6) is 1.43. The number of likely N-dealkylation sites (tertiary alicyclic amines) is 1. The molecule has 1 aromatic carbocycles. The predicted octanol–water partition coefficient (Wildman–Crippen LogP) is 2.21. The third-order valence-electron chi connectivity index (χ3n) is 5.60. The van der Waals surface area contributed by atoms with Crippen molar-refractivity contribution in [2.75, 3.05) is 38.6 Å². The van der Waals surface area contributed by atoms with Gasteiger partial charge in [0, 0.05) is 81.3 Å². The standard InChI is InChI=1S/C21H27N5O/c1-25(2)18-5-3-16(4-6-18)21(27)26-11-8-15(9-12-26)20-23-14-17-13-22-10-7-19(17)24-20/h3-6,14-15,22H,7-13H2,1-2H3. The first kappa shape index (κ1) is 17.9. The Balaban J connectivity index is 1.39. The van der Waals surface area contributed by atoms with Gasteiger partial charge in [-0.2, -0.15) is 0 Å². The number of amides is 1. The molecule has 0 unspecified atom stereocenters. The van der Waals surface area contributed by atoms with Gasteiger partial charge in [-0.15, -0.1) is 0 Å². The molecule has 1 N–H and O–H groups in total. The summed E-state index contributed by atoms with van der Waals surface area (Å²) in [5, 5.41) is 3.36. The second-order valence-corrected chi connectivity index (χ2v) is 7.63. The lowest BCUT2D eigenvalue weighted by Crippen LogP contribution is -2.38. The molecule has 0 spiro atoms. The highest BCUT2D eigenvalue weighted by Gasteiger charge is 2.27. The number of anilines is 1. The average Bonchev–Trinajstić information content (AvgIpc) is 2.73. The van der Waals surface area contributed by atoms with Crippen LogP contribution in [0.2, 0.25) is 0 Å². The van der Waals surface area contributed by atoms with E-state index in [1.807, 2.05) is 54.4 Å². The Morgan fingerprint density at radius 1 is 1.19 bits per heavy atom. The fourth-order valence-corrected chi connectivity index (χ4v) is 3.87. The molecule has 1 saturated heterocycles. The molecule has 27 heavy (non-hydrogen) atoms. The Hall–Kier alpha value is -2.47. The van der Waals surface area contributed by atoms with Crippen molar-refractivity contribution in [3.63, 3.8) is 0 Å². The average molecular weight is 365 g/mol. The highest BCUT2D eigenvalue weighted by atomic mass is 16.2. The molecule has 1 fully saturated rings. The third-order valence-corrected chi connectivity index (χ3v) is 5.60. The Labute approximate surface area is 160 Å². The summed E-state index contributed by atoms with van der Waals surface area (Å²) < 4.78 is 0. The van der Waals surface area contributed by atoms with Crippen molar-refractivity contribution in [2.24, 2.45) is 0 Å². The zero-order valence-electron chi connectivity index (χ0n) is 16.1. The van der Waals surface area contributed by atoms with Crippen LogP contribution in [0.15, 0.2) is 30.5 Å². The molecule has 3 heterocycles. The van der Waals surface area contributed by atoms with Crippen LogP contribution in [0.5, 0.6) is 0 Å². The number of nitrogens with zero attached hydrogens (tertiary/aromatic N) is 4. The summed E-state index contributed by atoms with van der Waals surface area (Å²) in [7, 11) is 4.00. The minimum Gasteiger partial charge on any atom is -0.378 e. The summed E-state index contributed by atoms with van der Waals surface area (Å²) in [5.41, 5.74) is 4.28. The lowest BCUT2D eigenvalue weighted by atomic mass is 9.95. The van der Waals surface area contributed by atoms with Crippen molar-refractivity contribution in [2.45, 2.75) is 31.7 Å². The topological polar surface area (TPSA) is 61.4 Å². The number of carbonyl (C=O) groups excluding carboxylic acids is 1. The van der Waals surface area contributed by atoms with Crippen LogP contribution in [0.1, 0.15) is 46.2 Å². The van der Waals surface area contributed by atoms with Crippen LogP contribution in [0.3, 0.4) is 0 Å². The monoisotopic (exact) mass is 365 g/mol. The molecule has 0 radical (unpaired) electrons. The van der Waals surface area contributed by atoms with Gasteiger partial charge >= 0.3 is 0 Å². The molecule has 0 saturated carbocycles. The van der Waals surface area contributed by atoms with Crippen LogP contribution in [0.25, 0.3) is 0 Å². The summed E-state index contributed by atoms with van der Waals surface area (Å²) in [6.45, 7) is 3.39. The van der Waals surface area contributed by atoms with E-state index in [0.29, 0.717) is 5.92 Å². The highest BCUT2D eigenvalue weighted by molar-refractivity contribution is 5.94. The molecule has 1 aromatic heterocycles. The zero-order chi connectivity index (χ0) is 18.8. The van der Waals surface area contributed by atoms with Crippen molar-refractivity contribution in [1.82, 2.24) is 20.2 Å². The first-order valence-electron chi connectivity index (χ1n) is 9.74. The molecule has 1 amide bonds. The van der Waals surface area contributed by atoms with Gasteiger partial charge in [0.2, 0.25) is 0 Å².